The highest BCUT2D eigenvalue weighted by molar-refractivity contribution is 6.41. The summed E-state index contributed by atoms with van der Waals surface area (Å²) in [6.07, 6.45) is 0. The minimum atomic E-state index is -0.718. The number of amidine groups is 4. The normalized spacial score (nSPS) is 14.6. The Kier molecular flexibility index (Phi) is 6.72. The van der Waals surface area contributed by atoms with Crippen molar-refractivity contribution in [3.05, 3.63) is 35.4 Å². The minimum Gasteiger partial charge on any atom is -0.463 e. The lowest BCUT2D eigenvalue weighted by molar-refractivity contribution is -0.133. The summed E-state index contributed by atoms with van der Waals surface area (Å²) in [5.74, 6) is -1.32. The third-order valence-electron chi connectivity index (χ3n) is 3.91. The Balaban J connectivity index is 1.47. The molecule has 0 aliphatic carbocycles. The molecule has 0 fully saturated rings. The van der Waals surface area contributed by atoms with E-state index < -0.39 is 17.8 Å². The van der Waals surface area contributed by atoms with Crippen molar-refractivity contribution < 1.29 is 19.1 Å². The van der Waals surface area contributed by atoms with Gasteiger partial charge in [-0.3, -0.25) is 31.3 Å². The quantitative estimate of drug-likeness (QED) is 0.263. The van der Waals surface area contributed by atoms with Gasteiger partial charge in [-0.05, 0) is 18.1 Å². The first-order chi connectivity index (χ1) is 15.0. The fourth-order valence-corrected chi connectivity index (χ4v) is 2.36. The molecule has 2 aliphatic heterocycles. The molecule has 3 rings (SSSR count). The number of hydrogen-bond acceptors (Lipinski definition) is 12. The van der Waals surface area contributed by atoms with E-state index in [1.54, 1.807) is 13.0 Å². The number of hydrazone groups is 4. The number of esters is 1. The van der Waals surface area contributed by atoms with Gasteiger partial charge in [0.05, 0.1) is 7.11 Å². The van der Waals surface area contributed by atoms with E-state index in [1.165, 1.54) is 7.11 Å². The lowest BCUT2D eigenvalue weighted by Crippen LogP contribution is -2.45. The fourth-order valence-electron chi connectivity index (χ4n) is 2.36. The molecule has 2 heterocycles. The van der Waals surface area contributed by atoms with Crippen LogP contribution >= 0.6 is 0 Å². The number of amides is 2. The van der Waals surface area contributed by atoms with Crippen LogP contribution in [0.4, 0.5) is 0 Å². The molecule has 0 radical (unpaired) electrons. The van der Waals surface area contributed by atoms with Crippen LogP contribution in [0.2, 0.25) is 0 Å². The van der Waals surface area contributed by atoms with E-state index in [9.17, 15) is 14.4 Å². The predicted molar refractivity (Wildman–Crippen MR) is 110 cm³/mol. The van der Waals surface area contributed by atoms with Crippen molar-refractivity contribution in [3.8, 4) is 0 Å². The van der Waals surface area contributed by atoms with E-state index in [0.29, 0.717) is 5.84 Å². The number of carbonyl (C=O) groups is 3. The second kappa shape index (κ2) is 9.82. The van der Waals surface area contributed by atoms with Gasteiger partial charge < -0.3 is 15.4 Å². The molecule has 0 saturated heterocycles. The zero-order chi connectivity index (χ0) is 22.2. The van der Waals surface area contributed by atoms with Crippen LogP contribution in [0.15, 0.2) is 44.7 Å². The summed E-state index contributed by atoms with van der Waals surface area (Å²) in [7, 11) is 1.20. The van der Waals surface area contributed by atoms with Gasteiger partial charge in [-0.15, -0.1) is 15.3 Å². The summed E-state index contributed by atoms with van der Waals surface area (Å²) in [6, 6.07) is 7.29. The van der Waals surface area contributed by atoms with Crippen LogP contribution in [-0.2, 0) is 32.2 Å². The highest BCUT2D eigenvalue weighted by Gasteiger charge is 2.20. The molecule has 0 bridgehead atoms. The van der Waals surface area contributed by atoms with Crippen LogP contribution in [0.1, 0.15) is 18.1 Å². The summed E-state index contributed by atoms with van der Waals surface area (Å²) in [4.78, 5) is 35.6. The Labute approximate surface area is 176 Å². The van der Waals surface area contributed by atoms with Crippen LogP contribution in [0.3, 0.4) is 0 Å². The molecular formula is C17H20N10O4. The maximum atomic E-state index is 12.2. The van der Waals surface area contributed by atoms with Gasteiger partial charge in [-0.25, -0.2) is 4.79 Å². The molecule has 0 unspecified atom stereocenters. The summed E-state index contributed by atoms with van der Waals surface area (Å²) >= 11 is 0. The molecule has 2 aliphatic rings. The summed E-state index contributed by atoms with van der Waals surface area (Å²) in [6.45, 7) is 2.17. The van der Waals surface area contributed by atoms with Crippen LogP contribution in [0, 0.1) is 0 Å². The Morgan fingerprint density at radius 1 is 0.839 bits per heavy atom. The van der Waals surface area contributed by atoms with Gasteiger partial charge in [0, 0.05) is 13.1 Å². The SMILES string of the molecule is COC(=O)C1=NNC(C(=O)NCc2cccc(CNC(=O)C3=NNC(C)=NN3)c2)=NN1. The van der Waals surface area contributed by atoms with Crippen LogP contribution < -0.4 is 32.3 Å². The summed E-state index contributed by atoms with van der Waals surface area (Å²) in [5.41, 5.74) is 11.5. The smallest absolute Gasteiger partial charge is 0.377 e. The van der Waals surface area contributed by atoms with E-state index in [4.69, 9.17) is 0 Å². The Bertz CT molecular complexity index is 1010. The number of rotatable bonds is 7. The molecule has 1 aromatic carbocycles. The van der Waals surface area contributed by atoms with Gasteiger partial charge in [0.15, 0.2) is 0 Å². The molecule has 0 aromatic heterocycles. The van der Waals surface area contributed by atoms with Crippen molar-refractivity contribution in [1.29, 1.82) is 0 Å². The van der Waals surface area contributed by atoms with Gasteiger partial charge in [0.2, 0.25) is 11.7 Å². The van der Waals surface area contributed by atoms with Gasteiger partial charge in [0.25, 0.3) is 17.6 Å². The highest BCUT2D eigenvalue weighted by atomic mass is 16.5. The molecule has 14 nitrogen and oxygen atoms in total. The first-order valence-electron chi connectivity index (χ1n) is 9.00. The van der Waals surface area contributed by atoms with E-state index >= 15 is 0 Å². The van der Waals surface area contributed by atoms with Crippen molar-refractivity contribution in [2.24, 2.45) is 20.4 Å². The van der Waals surface area contributed by atoms with Crippen molar-refractivity contribution in [2.75, 3.05) is 7.11 Å². The zero-order valence-corrected chi connectivity index (χ0v) is 16.6. The van der Waals surface area contributed by atoms with Crippen LogP contribution in [0.5, 0.6) is 0 Å². The summed E-state index contributed by atoms with van der Waals surface area (Å²) in [5, 5.41) is 20.6. The third-order valence-corrected chi connectivity index (χ3v) is 3.91. The first-order valence-corrected chi connectivity index (χ1v) is 9.00. The molecule has 1 aromatic rings. The second-order valence-corrected chi connectivity index (χ2v) is 6.20. The number of methoxy groups -OCH3 is 1. The van der Waals surface area contributed by atoms with E-state index in [1.807, 2.05) is 18.2 Å². The van der Waals surface area contributed by atoms with Crippen LogP contribution in [0.25, 0.3) is 0 Å². The van der Waals surface area contributed by atoms with Crippen LogP contribution in [-0.4, -0.2) is 48.2 Å². The molecule has 0 atom stereocenters. The molecule has 14 heteroatoms. The Morgan fingerprint density at radius 3 is 1.84 bits per heavy atom. The minimum absolute atomic E-state index is 0.0569. The topological polar surface area (TPSA) is 182 Å². The number of ether oxygens (including phenoxy) is 1. The molecule has 0 spiro atoms. The first kappa shape index (κ1) is 21.2. The molecule has 2 amide bonds. The maximum Gasteiger partial charge on any atom is 0.377 e. The molecule has 0 saturated carbocycles. The average molecular weight is 428 g/mol. The molecule has 162 valence electrons. The predicted octanol–water partition coefficient (Wildman–Crippen LogP) is -2.25. The highest BCUT2D eigenvalue weighted by Crippen LogP contribution is 2.05. The van der Waals surface area contributed by atoms with Crippen molar-refractivity contribution >= 4 is 41.1 Å². The molecule has 31 heavy (non-hydrogen) atoms. The Morgan fingerprint density at radius 2 is 1.35 bits per heavy atom. The molecule has 6 N–H and O–H groups in total. The number of hydrogen-bond donors (Lipinski definition) is 6. The lowest BCUT2D eigenvalue weighted by Gasteiger charge is -2.14. The van der Waals surface area contributed by atoms with Crippen molar-refractivity contribution in [3.63, 3.8) is 0 Å². The summed E-state index contributed by atoms with van der Waals surface area (Å²) < 4.78 is 4.49. The van der Waals surface area contributed by atoms with Gasteiger partial charge in [0.1, 0.15) is 5.84 Å². The van der Waals surface area contributed by atoms with E-state index in [-0.39, 0.29) is 30.6 Å². The van der Waals surface area contributed by atoms with Crippen molar-refractivity contribution in [2.45, 2.75) is 20.0 Å². The maximum absolute atomic E-state index is 12.2. The van der Waals surface area contributed by atoms with Gasteiger partial charge in [-0.2, -0.15) is 5.10 Å². The lowest BCUT2D eigenvalue weighted by atomic mass is 10.1. The zero-order valence-electron chi connectivity index (χ0n) is 16.6. The Hall–Kier alpha value is -4.49. The molecular weight excluding hydrogens is 408 g/mol. The fraction of sp³-hybridized carbons (Fsp3) is 0.235. The average Bonchev–Trinajstić information content (AvgIpc) is 2.81. The largest absolute Gasteiger partial charge is 0.463 e. The number of nitrogens with one attached hydrogen (secondary N) is 6. The number of nitrogens with zero attached hydrogens (tertiary/aromatic N) is 4. The van der Waals surface area contributed by atoms with Gasteiger partial charge >= 0.3 is 5.97 Å². The van der Waals surface area contributed by atoms with Gasteiger partial charge in [-0.1, -0.05) is 24.3 Å². The van der Waals surface area contributed by atoms with E-state index in [0.717, 1.165) is 11.1 Å². The second-order valence-electron chi connectivity index (χ2n) is 6.20. The third kappa shape index (κ3) is 5.75. The number of benzene rings is 1. The standard InChI is InChI=1S/C17H20N10O4/c1-9-20-22-12(23-21-9)15(28)18-7-10-4-3-5-11(6-10)8-19-16(29)13-24-26-14(27-25-13)17(30)31-2/h3-6H,7-8H2,1-2H3,(H,18,28)(H,19,29)(H,20,21)(H,22,23)(H,24,25)(H,26,27). The van der Waals surface area contributed by atoms with Crippen molar-refractivity contribution in [1.82, 2.24) is 32.3 Å². The monoisotopic (exact) mass is 428 g/mol. The number of carbonyl (C=O) groups excluding carboxylic acids is 3. The van der Waals surface area contributed by atoms with E-state index in [2.05, 4.69) is 57.5 Å².